The Hall–Kier alpha value is -1.24. The first-order chi connectivity index (χ1) is 9.04. The van der Waals surface area contributed by atoms with Crippen LogP contribution in [0, 0.1) is 0 Å². The van der Waals surface area contributed by atoms with Crippen molar-refractivity contribution < 1.29 is 8.42 Å². The average Bonchev–Trinajstić information content (AvgIpc) is 2.41. The maximum atomic E-state index is 11.4. The predicted octanol–water partition coefficient (Wildman–Crippen LogP) is 0.985. The standard InChI is InChI=1S/C12H20N4O2S/c1-3-10-11(4-2)15-16-12(14-10)13-9-5-7-19(17,18)8-6-9/h9H,3-8H2,1-2H3,(H,13,14,16). The molecule has 1 aromatic rings. The Kier molecular flexibility index (Phi) is 4.34. The Morgan fingerprint density at radius 2 is 1.74 bits per heavy atom. The second-order valence-corrected chi connectivity index (χ2v) is 7.11. The SMILES string of the molecule is CCc1nnc(NC2CCS(=O)(=O)CC2)nc1CC. The van der Waals surface area contributed by atoms with Gasteiger partial charge in [0, 0.05) is 6.04 Å². The molecule has 0 unspecified atom stereocenters. The molecule has 106 valence electrons. The molecule has 1 aliphatic heterocycles. The number of hydrogen-bond donors (Lipinski definition) is 1. The van der Waals surface area contributed by atoms with Gasteiger partial charge in [-0.2, -0.15) is 5.10 Å². The Balaban J connectivity index is 2.04. The molecule has 2 heterocycles. The summed E-state index contributed by atoms with van der Waals surface area (Å²) < 4.78 is 22.7. The zero-order valence-corrected chi connectivity index (χ0v) is 12.2. The largest absolute Gasteiger partial charge is 0.350 e. The Morgan fingerprint density at radius 1 is 1.11 bits per heavy atom. The van der Waals surface area contributed by atoms with Gasteiger partial charge in [-0.3, -0.25) is 0 Å². The molecule has 1 aliphatic rings. The third-order valence-corrected chi connectivity index (χ3v) is 5.11. The molecule has 0 atom stereocenters. The molecule has 0 aromatic carbocycles. The lowest BCUT2D eigenvalue weighted by Gasteiger charge is -2.23. The van der Waals surface area contributed by atoms with E-state index in [-0.39, 0.29) is 17.5 Å². The van der Waals surface area contributed by atoms with Gasteiger partial charge in [0.15, 0.2) is 0 Å². The molecular weight excluding hydrogens is 264 g/mol. The summed E-state index contributed by atoms with van der Waals surface area (Å²) in [6, 6.07) is 0.127. The lowest BCUT2D eigenvalue weighted by atomic mass is 10.1. The topological polar surface area (TPSA) is 84.8 Å². The van der Waals surface area contributed by atoms with Gasteiger partial charge in [0.05, 0.1) is 22.9 Å². The lowest BCUT2D eigenvalue weighted by Crippen LogP contribution is -2.32. The van der Waals surface area contributed by atoms with Crippen LogP contribution in [0.1, 0.15) is 38.1 Å². The monoisotopic (exact) mass is 284 g/mol. The van der Waals surface area contributed by atoms with E-state index in [1.54, 1.807) is 0 Å². The van der Waals surface area contributed by atoms with Crippen molar-refractivity contribution in [2.75, 3.05) is 16.8 Å². The fourth-order valence-corrected chi connectivity index (χ4v) is 3.71. The van der Waals surface area contributed by atoms with Crippen LogP contribution in [0.15, 0.2) is 0 Å². The maximum Gasteiger partial charge on any atom is 0.243 e. The van der Waals surface area contributed by atoms with Crippen molar-refractivity contribution in [3.63, 3.8) is 0 Å². The van der Waals surface area contributed by atoms with Crippen molar-refractivity contribution in [3.8, 4) is 0 Å². The molecule has 2 rings (SSSR count). The number of anilines is 1. The normalized spacial score (nSPS) is 19.3. The van der Waals surface area contributed by atoms with Gasteiger partial charge >= 0.3 is 0 Å². The average molecular weight is 284 g/mol. The highest BCUT2D eigenvalue weighted by Crippen LogP contribution is 2.16. The molecule has 1 saturated heterocycles. The number of rotatable bonds is 4. The summed E-state index contributed by atoms with van der Waals surface area (Å²) in [5.74, 6) is 0.996. The van der Waals surface area contributed by atoms with Gasteiger partial charge in [0.25, 0.3) is 0 Å². The summed E-state index contributed by atoms with van der Waals surface area (Å²) in [7, 11) is -2.83. The van der Waals surface area contributed by atoms with Crippen LogP contribution in [0.4, 0.5) is 5.95 Å². The molecule has 0 aliphatic carbocycles. The molecule has 1 fully saturated rings. The van der Waals surface area contributed by atoms with E-state index in [1.807, 2.05) is 13.8 Å². The number of nitrogens with one attached hydrogen (secondary N) is 1. The lowest BCUT2D eigenvalue weighted by molar-refractivity contribution is 0.557. The van der Waals surface area contributed by atoms with E-state index < -0.39 is 9.84 Å². The maximum absolute atomic E-state index is 11.4. The van der Waals surface area contributed by atoms with Gasteiger partial charge in [-0.15, -0.1) is 5.10 Å². The van der Waals surface area contributed by atoms with E-state index in [0.29, 0.717) is 18.8 Å². The van der Waals surface area contributed by atoms with Crippen LogP contribution in [0.5, 0.6) is 0 Å². The van der Waals surface area contributed by atoms with Crippen LogP contribution in [-0.2, 0) is 22.7 Å². The van der Waals surface area contributed by atoms with E-state index in [2.05, 4.69) is 20.5 Å². The number of aryl methyl sites for hydroxylation is 2. The number of nitrogens with zero attached hydrogens (tertiary/aromatic N) is 3. The third-order valence-electron chi connectivity index (χ3n) is 3.40. The highest BCUT2D eigenvalue weighted by molar-refractivity contribution is 7.91. The minimum absolute atomic E-state index is 0.127. The molecule has 7 heteroatoms. The first-order valence-electron chi connectivity index (χ1n) is 6.73. The second-order valence-electron chi connectivity index (χ2n) is 4.81. The summed E-state index contributed by atoms with van der Waals surface area (Å²) in [4.78, 5) is 4.46. The van der Waals surface area contributed by atoms with Crippen molar-refractivity contribution in [2.45, 2.75) is 45.6 Å². The van der Waals surface area contributed by atoms with Crippen molar-refractivity contribution in [3.05, 3.63) is 11.4 Å². The van der Waals surface area contributed by atoms with Crippen molar-refractivity contribution in [1.82, 2.24) is 15.2 Å². The molecule has 1 N–H and O–H groups in total. The predicted molar refractivity (Wildman–Crippen MR) is 73.9 cm³/mol. The van der Waals surface area contributed by atoms with E-state index in [1.165, 1.54) is 0 Å². The van der Waals surface area contributed by atoms with Gasteiger partial charge in [-0.25, -0.2) is 13.4 Å². The van der Waals surface area contributed by atoms with Gasteiger partial charge in [-0.1, -0.05) is 13.8 Å². The summed E-state index contributed by atoms with van der Waals surface area (Å²) in [6.07, 6.45) is 2.88. The second kappa shape index (κ2) is 5.81. The zero-order valence-electron chi connectivity index (χ0n) is 11.4. The number of aromatic nitrogens is 3. The van der Waals surface area contributed by atoms with E-state index in [4.69, 9.17) is 0 Å². The summed E-state index contributed by atoms with van der Waals surface area (Å²) in [6.45, 7) is 4.07. The van der Waals surface area contributed by atoms with E-state index >= 15 is 0 Å². The molecule has 6 nitrogen and oxygen atoms in total. The van der Waals surface area contributed by atoms with Crippen LogP contribution in [-0.4, -0.2) is 41.1 Å². The molecule has 0 amide bonds. The van der Waals surface area contributed by atoms with Crippen LogP contribution < -0.4 is 5.32 Å². The van der Waals surface area contributed by atoms with Crippen LogP contribution >= 0.6 is 0 Å². The molecule has 0 spiro atoms. The Bertz CT molecular complexity index is 531. The highest BCUT2D eigenvalue weighted by Gasteiger charge is 2.24. The van der Waals surface area contributed by atoms with Gasteiger partial charge in [-0.05, 0) is 25.7 Å². The first-order valence-corrected chi connectivity index (χ1v) is 8.55. The van der Waals surface area contributed by atoms with Crippen molar-refractivity contribution >= 4 is 15.8 Å². The van der Waals surface area contributed by atoms with Crippen molar-refractivity contribution in [1.29, 1.82) is 0 Å². The minimum atomic E-state index is -2.83. The van der Waals surface area contributed by atoms with Gasteiger partial charge < -0.3 is 5.32 Å². The van der Waals surface area contributed by atoms with Gasteiger partial charge in [0.1, 0.15) is 9.84 Å². The molecule has 0 bridgehead atoms. The van der Waals surface area contributed by atoms with Crippen LogP contribution in [0.3, 0.4) is 0 Å². The smallest absolute Gasteiger partial charge is 0.243 e. The van der Waals surface area contributed by atoms with E-state index in [9.17, 15) is 8.42 Å². The zero-order chi connectivity index (χ0) is 13.9. The molecular formula is C12H20N4O2S. The Morgan fingerprint density at radius 3 is 2.32 bits per heavy atom. The van der Waals surface area contributed by atoms with Crippen molar-refractivity contribution in [2.24, 2.45) is 0 Å². The molecule has 19 heavy (non-hydrogen) atoms. The highest BCUT2D eigenvalue weighted by atomic mass is 32.2. The Labute approximate surface area is 114 Å². The molecule has 0 radical (unpaired) electrons. The summed E-state index contributed by atoms with van der Waals surface area (Å²) in [5.41, 5.74) is 1.89. The molecule has 0 saturated carbocycles. The van der Waals surface area contributed by atoms with E-state index in [0.717, 1.165) is 24.2 Å². The quantitative estimate of drug-likeness (QED) is 0.887. The van der Waals surface area contributed by atoms with Gasteiger partial charge in [0.2, 0.25) is 5.95 Å². The summed E-state index contributed by atoms with van der Waals surface area (Å²) in [5, 5.41) is 11.4. The minimum Gasteiger partial charge on any atom is -0.350 e. The summed E-state index contributed by atoms with van der Waals surface area (Å²) >= 11 is 0. The first kappa shape index (κ1) is 14.2. The third kappa shape index (κ3) is 3.62. The van der Waals surface area contributed by atoms with Crippen LogP contribution in [0.2, 0.25) is 0 Å². The fourth-order valence-electron chi connectivity index (χ4n) is 2.22. The number of sulfone groups is 1. The number of hydrogen-bond acceptors (Lipinski definition) is 6. The fraction of sp³-hybridized carbons (Fsp3) is 0.750. The molecule has 1 aromatic heterocycles. The van der Waals surface area contributed by atoms with Crippen LogP contribution in [0.25, 0.3) is 0 Å².